The number of ether oxygens (including phenoxy) is 1. The monoisotopic (exact) mass is 321 g/mol. The van der Waals surface area contributed by atoms with Gasteiger partial charge in [0, 0.05) is 17.6 Å². The molecule has 1 rings (SSSR count). The molecule has 0 amide bonds. The number of halogens is 1. The van der Waals surface area contributed by atoms with Crippen molar-refractivity contribution in [1.29, 1.82) is 0 Å². The molecule has 0 aliphatic rings. The van der Waals surface area contributed by atoms with E-state index in [1.807, 2.05) is 13.8 Å². The van der Waals surface area contributed by atoms with Gasteiger partial charge >= 0.3 is 0 Å². The van der Waals surface area contributed by atoms with Crippen LogP contribution in [0.4, 0.5) is 0 Å². The predicted molar refractivity (Wildman–Crippen MR) is 70.4 cm³/mol. The first-order valence-electron chi connectivity index (χ1n) is 5.32. The number of rotatable bonds is 6. The molecule has 1 aromatic carbocycles. The second-order valence-electron chi connectivity index (χ2n) is 3.58. The summed E-state index contributed by atoms with van der Waals surface area (Å²) in [7, 11) is -3.46. The van der Waals surface area contributed by atoms with Crippen LogP contribution >= 0.6 is 15.9 Å². The average Bonchev–Trinajstić information content (AvgIpc) is 2.27. The highest BCUT2D eigenvalue weighted by molar-refractivity contribution is 9.10. The Morgan fingerprint density at radius 2 is 2.18 bits per heavy atom. The van der Waals surface area contributed by atoms with Crippen molar-refractivity contribution < 1.29 is 13.2 Å². The van der Waals surface area contributed by atoms with E-state index >= 15 is 0 Å². The third-order valence-corrected chi connectivity index (χ3v) is 4.03. The second kappa shape index (κ2) is 6.49. The van der Waals surface area contributed by atoms with E-state index in [0.29, 0.717) is 6.61 Å². The second-order valence-corrected chi connectivity index (χ2v) is 6.26. The minimum absolute atomic E-state index is 0.137. The first-order valence-corrected chi connectivity index (χ1v) is 7.60. The highest BCUT2D eigenvalue weighted by atomic mass is 79.9. The lowest BCUT2D eigenvalue weighted by molar-refractivity contribution is 0.0799. The standard InChI is InChI=1S/C11H16BrNO3S/c1-3-16-9(2)8-13-17(14,15)11-6-4-5-10(12)7-11/h4-7,9,13H,3,8H2,1-2H3. The fraction of sp³-hybridized carbons (Fsp3) is 0.455. The fourth-order valence-electron chi connectivity index (χ4n) is 1.29. The quantitative estimate of drug-likeness (QED) is 0.873. The van der Waals surface area contributed by atoms with Gasteiger partial charge in [0.1, 0.15) is 0 Å². The van der Waals surface area contributed by atoms with Gasteiger partial charge in [-0.2, -0.15) is 0 Å². The van der Waals surface area contributed by atoms with Crippen molar-refractivity contribution in [3.8, 4) is 0 Å². The normalized spacial score (nSPS) is 13.6. The van der Waals surface area contributed by atoms with Crippen LogP contribution in [0.25, 0.3) is 0 Å². The molecule has 96 valence electrons. The number of nitrogens with one attached hydrogen (secondary N) is 1. The predicted octanol–water partition coefficient (Wildman–Crippen LogP) is 2.15. The number of benzene rings is 1. The SMILES string of the molecule is CCOC(C)CNS(=O)(=O)c1cccc(Br)c1. The lowest BCUT2D eigenvalue weighted by Crippen LogP contribution is -2.32. The maximum absolute atomic E-state index is 11.9. The van der Waals surface area contributed by atoms with Crippen LogP contribution < -0.4 is 4.72 Å². The topological polar surface area (TPSA) is 55.4 Å². The molecule has 1 aromatic rings. The lowest BCUT2D eigenvalue weighted by atomic mass is 10.4. The van der Waals surface area contributed by atoms with E-state index in [1.165, 1.54) is 0 Å². The minimum atomic E-state index is -3.46. The van der Waals surface area contributed by atoms with Gasteiger partial charge in [0.05, 0.1) is 11.0 Å². The Morgan fingerprint density at radius 3 is 2.76 bits per heavy atom. The van der Waals surface area contributed by atoms with Gasteiger partial charge < -0.3 is 4.74 Å². The smallest absolute Gasteiger partial charge is 0.240 e. The van der Waals surface area contributed by atoms with Crippen molar-refractivity contribution in [3.63, 3.8) is 0 Å². The van der Waals surface area contributed by atoms with Crippen molar-refractivity contribution in [2.75, 3.05) is 13.2 Å². The van der Waals surface area contributed by atoms with E-state index in [4.69, 9.17) is 4.74 Å². The lowest BCUT2D eigenvalue weighted by Gasteiger charge is -2.13. The summed E-state index contributed by atoms with van der Waals surface area (Å²) in [6.07, 6.45) is -0.137. The van der Waals surface area contributed by atoms with Crippen LogP contribution in [0.2, 0.25) is 0 Å². The molecule has 4 nitrogen and oxygen atoms in total. The van der Waals surface area contributed by atoms with Crippen LogP contribution in [0.15, 0.2) is 33.6 Å². The summed E-state index contributed by atoms with van der Waals surface area (Å²) >= 11 is 3.24. The third kappa shape index (κ3) is 4.75. The minimum Gasteiger partial charge on any atom is -0.377 e. The van der Waals surface area contributed by atoms with Crippen LogP contribution in [0.1, 0.15) is 13.8 Å². The molecule has 1 unspecified atom stereocenters. The van der Waals surface area contributed by atoms with Crippen molar-refractivity contribution in [3.05, 3.63) is 28.7 Å². The van der Waals surface area contributed by atoms with E-state index in [1.54, 1.807) is 24.3 Å². The van der Waals surface area contributed by atoms with E-state index in [-0.39, 0.29) is 17.5 Å². The maximum Gasteiger partial charge on any atom is 0.240 e. The largest absolute Gasteiger partial charge is 0.377 e. The zero-order valence-electron chi connectivity index (χ0n) is 9.81. The summed E-state index contributed by atoms with van der Waals surface area (Å²) in [4.78, 5) is 0.246. The third-order valence-electron chi connectivity index (χ3n) is 2.12. The molecule has 0 aliphatic carbocycles. The van der Waals surface area contributed by atoms with Gasteiger partial charge in [0.2, 0.25) is 10.0 Å². The molecule has 0 saturated carbocycles. The molecule has 1 N–H and O–H groups in total. The summed E-state index contributed by atoms with van der Waals surface area (Å²) in [6.45, 7) is 4.54. The molecular weight excluding hydrogens is 306 g/mol. The van der Waals surface area contributed by atoms with Crippen LogP contribution in [0.3, 0.4) is 0 Å². The van der Waals surface area contributed by atoms with Crippen molar-refractivity contribution in [1.82, 2.24) is 4.72 Å². The Bertz CT molecular complexity index is 462. The van der Waals surface area contributed by atoms with Crippen LogP contribution in [-0.2, 0) is 14.8 Å². The van der Waals surface area contributed by atoms with Crippen LogP contribution in [0, 0.1) is 0 Å². The summed E-state index contributed by atoms with van der Waals surface area (Å²) < 4.78 is 32.3. The Morgan fingerprint density at radius 1 is 1.47 bits per heavy atom. The highest BCUT2D eigenvalue weighted by Gasteiger charge is 2.15. The molecule has 17 heavy (non-hydrogen) atoms. The summed E-state index contributed by atoms with van der Waals surface area (Å²) in [5.74, 6) is 0. The first kappa shape index (κ1) is 14.6. The van der Waals surface area contributed by atoms with E-state index < -0.39 is 10.0 Å². The summed E-state index contributed by atoms with van der Waals surface area (Å²) in [6, 6.07) is 6.58. The zero-order chi connectivity index (χ0) is 12.9. The van der Waals surface area contributed by atoms with Gasteiger partial charge in [-0.25, -0.2) is 13.1 Å². The van der Waals surface area contributed by atoms with Gasteiger partial charge in [-0.05, 0) is 32.0 Å². The van der Waals surface area contributed by atoms with Gasteiger partial charge in [0.25, 0.3) is 0 Å². The van der Waals surface area contributed by atoms with Gasteiger partial charge in [-0.15, -0.1) is 0 Å². The molecule has 0 heterocycles. The molecule has 0 saturated heterocycles. The molecule has 0 fully saturated rings. The highest BCUT2D eigenvalue weighted by Crippen LogP contribution is 2.15. The molecule has 0 bridgehead atoms. The molecule has 1 atom stereocenters. The molecule has 0 radical (unpaired) electrons. The summed E-state index contributed by atoms with van der Waals surface area (Å²) in [5, 5.41) is 0. The van der Waals surface area contributed by atoms with Crippen molar-refractivity contribution in [2.45, 2.75) is 24.8 Å². The van der Waals surface area contributed by atoms with Crippen molar-refractivity contribution >= 4 is 26.0 Å². The molecule has 0 spiro atoms. The molecular formula is C11H16BrNO3S. The zero-order valence-corrected chi connectivity index (χ0v) is 12.2. The van der Waals surface area contributed by atoms with Crippen molar-refractivity contribution in [2.24, 2.45) is 0 Å². The average molecular weight is 322 g/mol. The van der Waals surface area contributed by atoms with Gasteiger partial charge in [-0.3, -0.25) is 0 Å². The van der Waals surface area contributed by atoms with Gasteiger partial charge in [0.15, 0.2) is 0 Å². The van der Waals surface area contributed by atoms with Crippen LogP contribution in [0.5, 0.6) is 0 Å². The maximum atomic E-state index is 11.9. The van der Waals surface area contributed by atoms with E-state index in [9.17, 15) is 8.42 Å². The molecule has 0 aliphatic heterocycles. The van der Waals surface area contributed by atoms with E-state index in [0.717, 1.165) is 4.47 Å². The Labute approximate surface area is 111 Å². The number of hydrogen-bond acceptors (Lipinski definition) is 3. The van der Waals surface area contributed by atoms with Gasteiger partial charge in [-0.1, -0.05) is 22.0 Å². The molecule has 6 heteroatoms. The fourth-order valence-corrected chi connectivity index (χ4v) is 3.00. The molecule has 0 aromatic heterocycles. The first-order chi connectivity index (χ1) is 7.95. The summed E-state index contributed by atoms with van der Waals surface area (Å²) in [5.41, 5.74) is 0. The van der Waals surface area contributed by atoms with E-state index in [2.05, 4.69) is 20.7 Å². The Hall–Kier alpha value is -0.430. The number of hydrogen-bond donors (Lipinski definition) is 1. The Balaban J connectivity index is 2.69. The van der Waals surface area contributed by atoms with Crippen LogP contribution in [-0.4, -0.2) is 27.7 Å². The Kier molecular flexibility index (Phi) is 5.58. The number of sulfonamides is 1.